The zero-order chi connectivity index (χ0) is 13.5. The molecule has 2 rings (SSSR count). The Hall–Kier alpha value is -1.39. The summed E-state index contributed by atoms with van der Waals surface area (Å²) < 4.78 is 5.26. The molecule has 1 aliphatic heterocycles. The topological polar surface area (TPSA) is 50.4 Å². The summed E-state index contributed by atoms with van der Waals surface area (Å²) in [6.07, 6.45) is 1.84. The Labute approximate surface area is 114 Å². The van der Waals surface area contributed by atoms with E-state index in [1.165, 1.54) is 11.1 Å². The number of ether oxygens (including phenoxy) is 1. The molecule has 1 aliphatic rings. The number of nitrogens with one attached hydrogen (secondary N) is 2. The molecule has 1 amide bonds. The first-order valence-corrected chi connectivity index (χ1v) is 6.87. The molecule has 0 spiro atoms. The molecule has 1 aromatic rings. The minimum Gasteiger partial charge on any atom is -0.381 e. The lowest BCUT2D eigenvalue weighted by molar-refractivity contribution is -0.121. The largest absolute Gasteiger partial charge is 0.381 e. The Bertz CT molecular complexity index is 397. The van der Waals surface area contributed by atoms with Crippen molar-refractivity contribution in [2.75, 3.05) is 19.8 Å². The van der Waals surface area contributed by atoms with Gasteiger partial charge in [0.2, 0.25) is 5.91 Å². The second-order valence-electron chi connectivity index (χ2n) is 5.04. The molecule has 19 heavy (non-hydrogen) atoms. The van der Waals surface area contributed by atoms with Crippen LogP contribution in [0, 0.1) is 6.92 Å². The van der Waals surface area contributed by atoms with Crippen LogP contribution in [0.5, 0.6) is 0 Å². The third kappa shape index (κ3) is 5.01. The second-order valence-corrected chi connectivity index (χ2v) is 5.04. The van der Waals surface area contributed by atoms with Crippen LogP contribution in [0.4, 0.5) is 0 Å². The zero-order valence-corrected chi connectivity index (χ0v) is 11.4. The summed E-state index contributed by atoms with van der Waals surface area (Å²) in [6, 6.07) is 8.61. The van der Waals surface area contributed by atoms with Gasteiger partial charge in [-0.15, -0.1) is 0 Å². The van der Waals surface area contributed by atoms with Gasteiger partial charge in [0.05, 0.1) is 6.54 Å². The van der Waals surface area contributed by atoms with Crippen molar-refractivity contribution in [3.8, 4) is 0 Å². The van der Waals surface area contributed by atoms with E-state index >= 15 is 0 Å². The highest BCUT2D eigenvalue weighted by molar-refractivity contribution is 5.78. The van der Waals surface area contributed by atoms with Gasteiger partial charge in [-0.1, -0.05) is 29.8 Å². The minimum atomic E-state index is 0.0685. The average molecular weight is 262 g/mol. The summed E-state index contributed by atoms with van der Waals surface area (Å²) in [5.74, 6) is 0.0685. The van der Waals surface area contributed by atoms with Crippen molar-refractivity contribution >= 4 is 5.91 Å². The van der Waals surface area contributed by atoms with Crippen LogP contribution in [-0.2, 0) is 16.1 Å². The number of hydrogen-bond donors (Lipinski definition) is 2. The maximum atomic E-state index is 11.7. The van der Waals surface area contributed by atoms with E-state index < -0.39 is 0 Å². The number of benzene rings is 1. The van der Waals surface area contributed by atoms with Gasteiger partial charge < -0.3 is 15.4 Å². The summed E-state index contributed by atoms with van der Waals surface area (Å²) in [6.45, 7) is 4.66. The van der Waals surface area contributed by atoms with Gasteiger partial charge in [-0.25, -0.2) is 0 Å². The van der Waals surface area contributed by atoms with Gasteiger partial charge in [0.15, 0.2) is 0 Å². The van der Waals surface area contributed by atoms with Gasteiger partial charge in [-0.05, 0) is 25.3 Å². The molecule has 0 radical (unpaired) electrons. The van der Waals surface area contributed by atoms with E-state index in [1.807, 2.05) is 0 Å². The SMILES string of the molecule is Cc1ccc(CNCC(=O)NC2CCOCC2)cc1. The van der Waals surface area contributed by atoms with Crippen LogP contribution in [-0.4, -0.2) is 31.7 Å². The van der Waals surface area contributed by atoms with Crippen LogP contribution in [0.1, 0.15) is 24.0 Å². The Morgan fingerprint density at radius 2 is 1.95 bits per heavy atom. The van der Waals surface area contributed by atoms with Crippen LogP contribution in [0.25, 0.3) is 0 Å². The van der Waals surface area contributed by atoms with E-state index in [9.17, 15) is 4.79 Å². The molecule has 4 heteroatoms. The molecule has 0 aromatic heterocycles. The molecule has 1 heterocycles. The van der Waals surface area contributed by atoms with Gasteiger partial charge in [0.1, 0.15) is 0 Å². The monoisotopic (exact) mass is 262 g/mol. The molecule has 104 valence electrons. The maximum Gasteiger partial charge on any atom is 0.234 e. The molecule has 0 unspecified atom stereocenters. The summed E-state index contributed by atoms with van der Waals surface area (Å²) in [5, 5.41) is 6.20. The predicted octanol–water partition coefficient (Wildman–Crippen LogP) is 1.38. The van der Waals surface area contributed by atoms with Crippen LogP contribution >= 0.6 is 0 Å². The number of rotatable bonds is 5. The summed E-state index contributed by atoms with van der Waals surface area (Å²) >= 11 is 0. The number of aryl methyl sites for hydroxylation is 1. The van der Waals surface area contributed by atoms with Crippen molar-refractivity contribution in [3.63, 3.8) is 0 Å². The van der Waals surface area contributed by atoms with E-state index in [2.05, 4.69) is 41.8 Å². The molecule has 0 aliphatic carbocycles. The molecular formula is C15H22N2O2. The Kier molecular flexibility index (Phi) is 5.36. The van der Waals surface area contributed by atoms with E-state index in [-0.39, 0.29) is 11.9 Å². The van der Waals surface area contributed by atoms with Gasteiger partial charge in [0.25, 0.3) is 0 Å². The van der Waals surface area contributed by atoms with Gasteiger partial charge in [-0.2, -0.15) is 0 Å². The normalized spacial score (nSPS) is 16.3. The second kappa shape index (κ2) is 7.26. The van der Waals surface area contributed by atoms with Crippen molar-refractivity contribution in [2.45, 2.75) is 32.4 Å². The van der Waals surface area contributed by atoms with Gasteiger partial charge in [0, 0.05) is 25.8 Å². The maximum absolute atomic E-state index is 11.7. The molecule has 0 bridgehead atoms. The average Bonchev–Trinajstić information content (AvgIpc) is 2.42. The number of amides is 1. The zero-order valence-electron chi connectivity index (χ0n) is 11.4. The smallest absolute Gasteiger partial charge is 0.234 e. The Morgan fingerprint density at radius 3 is 2.63 bits per heavy atom. The van der Waals surface area contributed by atoms with Crippen molar-refractivity contribution in [2.24, 2.45) is 0 Å². The molecule has 2 N–H and O–H groups in total. The van der Waals surface area contributed by atoms with Crippen LogP contribution < -0.4 is 10.6 Å². The van der Waals surface area contributed by atoms with Gasteiger partial charge in [-0.3, -0.25) is 4.79 Å². The standard InChI is InChI=1S/C15H22N2O2/c1-12-2-4-13(5-3-12)10-16-11-15(18)17-14-6-8-19-9-7-14/h2-5,14,16H,6-11H2,1H3,(H,17,18). The summed E-state index contributed by atoms with van der Waals surface area (Å²) in [4.78, 5) is 11.7. The fourth-order valence-electron chi connectivity index (χ4n) is 2.15. The molecule has 1 aromatic carbocycles. The molecule has 0 saturated carbocycles. The molecule has 1 fully saturated rings. The molecule has 1 saturated heterocycles. The number of carbonyl (C=O) groups excluding carboxylic acids is 1. The fourth-order valence-corrected chi connectivity index (χ4v) is 2.15. The van der Waals surface area contributed by atoms with E-state index in [1.54, 1.807) is 0 Å². The number of carbonyl (C=O) groups is 1. The molecular weight excluding hydrogens is 240 g/mol. The lowest BCUT2D eigenvalue weighted by Crippen LogP contribution is -2.42. The number of hydrogen-bond acceptors (Lipinski definition) is 3. The molecule has 4 nitrogen and oxygen atoms in total. The summed E-state index contributed by atoms with van der Waals surface area (Å²) in [7, 11) is 0. The fraction of sp³-hybridized carbons (Fsp3) is 0.533. The lowest BCUT2D eigenvalue weighted by Gasteiger charge is -2.23. The van der Waals surface area contributed by atoms with Crippen LogP contribution in [0.2, 0.25) is 0 Å². The van der Waals surface area contributed by atoms with Crippen molar-refractivity contribution < 1.29 is 9.53 Å². The Morgan fingerprint density at radius 1 is 1.26 bits per heavy atom. The summed E-state index contributed by atoms with van der Waals surface area (Å²) in [5.41, 5.74) is 2.45. The van der Waals surface area contributed by atoms with Gasteiger partial charge >= 0.3 is 0 Å². The Balaban J connectivity index is 1.64. The van der Waals surface area contributed by atoms with Crippen molar-refractivity contribution in [1.29, 1.82) is 0 Å². The van der Waals surface area contributed by atoms with E-state index in [0.29, 0.717) is 6.54 Å². The van der Waals surface area contributed by atoms with Crippen LogP contribution in [0.15, 0.2) is 24.3 Å². The van der Waals surface area contributed by atoms with Crippen molar-refractivity contribution in [1.82, 2.24) is 10.6 Å². The first-order valence-electron chi connectivity index (χ1n) is 6.87. The van der Waals surface area contributed by atoms with Crippen molar-refractivity contribution in [3.05, 3.63) is 35.4 Å². The highest BCUT2D eigenvalue weighted by atomic mass is 16.5. The van der Waals surface area contributed by atoms with E-state index in [4.69, 9.17) is 4.74 Å². The molecule has 0 atom stereocenters. The first-order chi connectivity index (χ1) is 9.24. The third-order valence-corrected chi connectivity index (χ3v) is 3.32. The quantitative estimate of drug-likeness (QED) is 0.843. The first kappa shape index (κ1) is 14.0. The van der Waals surface area contributed by atoms with Crippen LogP contribution in [0.3, 0.4) is 0 Å². The minimum absolute atomic E-state index is 0.0685. The van der Waals surface area contributed by atoms with E-state index in [0.717, 1.165) is 32.6 Å². The third-order valence-electron chi connectivity index (χ3n) is 3.32. The predicted molar refractivity (Wildman–Crippen MR) is 74.9 cm³/mol. The highest BCUT2D eigenvalue weighted by Crippen LogP contribution is 2.05. The lowest BCUT2D eigenvalue weighted by atomic mass is 10.1. The highest BCUT2D eigenvalue weighted by Gasteiger charge is 2.15.